The first-order valence-corrected chi connectivity index (χ1v) is 14.6. The Morgan fingerprint density at radius 1 is 0.879 bits per heavy atom. The minimum absolute atomic E-state index is 0.00111. The number of epoxide rings is 1. The van der Waals surface area contributed by atoms with Gasteiger partial charge in [-0.15, -0.1) is 0 Å². The van der Waals surface area contributed by atoms with Gasteiger partial charge in [-0.2, -0.15) is 0 Å². The molecule has 4 nitrogen and oxygen atoms in total. The van der Waals surface area contributed by atoms with E-state index in [4.69, 9.17) is 18.6 Å². The third-order valence-corrected chi connectivity index (χ3v) is 13.4. The molecule has 0 N–H and O–H groups in total. The molecule has 0 aromatic heterocycles. The summed E-state index contributed by atoms with van der Waals surface area (Å²) in [5.74, 6) is 0. The van der Waals surface area contributed by atoms with Gasteiger partial charge in [0.05, 0.1) is 30.0 Å². The monoisotopic (exact) mass is 464 g/mol. The Hall–Kier alpha value is -1.50. The van der Waals surface area contributed by atoms with E-state index in [1.807, 2.05) is 0 Å². The molecule has 33 heavy (non-hydrogen) atoms. The Balaban J connectivity index is 1.22. The second-order valence-corrected chi connectivity index (χ2v) is 15.7. The Kier molecular flexibility index (Phi) is 5.35. The van der Waals surface area contributed by atoms with Crippen LogP contribution in [0.1, 0.15) is 52.9 Å². The van der Waals surface area contributed by atoms with Gasteiger partial charge in [-0.1, -0.05) is 81.4 Å². The number of hydrogen-bond acceptors (Lipinski definition) is 4. The SMILES string of the molecule is CC(C)(C)[Si](OCC[C@H]1CC[C@@H]2O[C@@H]3C[C@]2(C[C@H]2OC23)O1)(c1ccccc1)c1ccccc1. The van der Waals surface area contributed by atoms with Crippen molar-refractivity contribution < 1.29 is 18.6 Å². The summed E-state index contributed by atoms with van der Waals surface area (Å²) in [6.07, 6.45) is 6.53. The molecule has 2 aromatic carbocycles. The van der Waals surface area contributed by atoms with E-state index in [0.29, 0.717) is 18.8 Å². The van der Waals surface area contributed by atoms with E-state index in [-0.39, 0.29) is 29.0 Å². The van der Waals surface area contributed by atoms with E-state index >= 15 is 0 Å². The summed E-state index contributed by atoms with van der Waals surface area (Å²) in [5, 5.41) is 2.67. The molecule has 3 aliphatic heterocycles. The van der Waals surface area contributed by atoms with Gasteiger partial charge in [0.25, 0.3) is 8.32 Å². The molecule has 0 amide bonds. The third kappa shape index (κ3) is 3.64. The van der Waals surface area contributed by atoms with Crippen molar-refractivity contribution in [2.75, 3.05) is 6.61 Å². The minimum atomic E-state index is -2.49. The maximum atomic E-state index is 7.11. The lowest BCUT2D eigenvalue weighted by molar-refractivity contribution is -0.172. The zero-order valence-electron chi connectivity index (χ0n) is 20.0. The number of fused-ring (bicyclic) bond motifs is 3. The predicted molar refractivity (Wildman–Crippen MR) is 132 cm³/mol. The van der Waals surface area contributed by atoms with Crippen molar-refractivity contribution in [2.24, 2.45) is 0 Å². The average Bonchev–Trinajstić information content (AvgIpc) is 3.51. The van der Waals surface area contributed by atoms with Crippen LogP contribution in [0.3, 0.4) is 0 Å². The summed E-state index contributed by atoms with van der Waals surface area (Å²) >= 11 is 0. The van der Waals surface area contributed by atoms with E-state index in [0.717, 1.165) is 32.1 Å². The van der Waals surface area contributed by atoms with Crippen molar-refractivity contribution in [1.82, 2.24) is 0 Å². The molecule has 5 heteroatoms. The Labute approximate surface area is 198 Å². The van der Waals surface area contributed by atoms with E-state index in [2.05, 4.69) is 81.4 Å². The van der Waals surface area contributed by atoms with Crippen molar-refractivity contribution >= 4 is 18.7 Å². The van der Waals surface area contributed by atoms with Crippen LogP contribution in [0.15, 0.2) is 60.7 Å². The number of ether oxygens (including phenoxy) is 3. The topological polar surface area (TPSA) is 40.2 Å². The fourth-order valence-corrected chi connectivity index (χ4v) is 11.4. The van der Waals surface area contributed by atoms with Gasteiger partial charge >= 0.3 is 0 Å². The fourth-order valence-electron chi connectivity index (χ4n) is 6.79. The van der Waals surface area contributed by atoms with Crippen LogP contribution in [0.2, 0.25) is 5.04 Å². The Morgan fingerprint density at radius 2 is 1.48 bits per heavy atom. The average molecular weight is 465 g/mol. The van der Waals surface area contributed by atoms with Crippen molar-refractivity contribution in [2.45, 2.75) is 94.0 Å². The first-order chi connectivity index (χ1) is 15.9. The van der Waals surface area contributed by atoms with Gasteiger partial charge in [0.1, 0.15) is 6.10 Å². The zero-order valence-corrected chi connectivity index (χ0v) is 21.0. The number of rotatable bonds is 6. The standard InChI is InChI=1S/C28H36O4Si/c1-27(2,3)33(21-10-6-4-7-11-21,22-12-8-5-9-13-22)29-17-16-20-14-15-25-28(32-20)18-23(30-25)26-24(19-28)31-26/h4-13,20,23-26H,14-19H2,1-3H3/t20-,23-,24-,25+,26?,28-/m1/s1. The van der Waals surface area contributed by atoms with Crippen LogP contribution in [0.25, 0.3) is 0 Å². The number of hydrogen-bond donors (Lipinski definition) is 0. The maximum absolute atomic E-state index is 7.11. The molecule has 6 atom stereocenters. The van der Waals surface area contributed by atoms with Crippen LogP contribution >= 0.6 is 0 Å². The van der Waals surface area contributed by atoms with Crippen LogP contribution in [0, 0.1) is 0 Å². The van der Waals surface area contributed by atoms with Gasteiger partial charge in [0.2, 0.25) is 0 Å². The van der Waals surface area contributed by atoms with Gasteiger partial charge in [-0.05, 0) is 34.7 Å². The fraction of sp³-hybridized carbons (Fsp3) is 0.571. The highest BCUT2D eigenvalue weighted by atomic mass is 28.4. The lowest BCUT2D eigenvalue weighted by atomic mass is 9.78. The lowest BCUT2D eigenvalue weighted by Crippen LogP contribution is -2.66. The lowest BCUT2D eigenvalue weighted by Gasteiger charge is -2.44. The highest BCUT2D eigenvalue weighted by Gasteiger charge is 2.66. The molecule has 0 radical (unpaired) electrons. The van der Waals surface area contributed by atoms with Crippen molar-refractivity contribution in [3.8, 4) is 0 Å². The summed E-state index contributed by atoms with van der Waals surface area (Å²) < 4.78 is 26.1. The summed E-state index contributed by atoms with van der Waals surface area (Å²) in [6.45, 7) is 7.73. The van der Waals surface area contributed by atoms with Gasteiger partial charge < -0.3 is 18.6 Å². The molecular weight excluding hydrogens is 428 g/mol. The summed E-state index contributed by atoms with van der Waals surface area (Å²) in [5.41, 5.74) is -0.122. The second kappa shape index (κ2) is 8.03. The molecule has 176 valence electrons. The molecule has 2 bridgehead atoms. The molecule has 4 fully saturated rings. The van der Waals surface area contributed by atoms with Gasteiger partial charge in [0, 0.05) is 19.4 Å². The maximum Gasteiger partial charge on any atom is 0.261 e. The van der Waals surface area contributed by atoms with Crippen LogP contribution in [0.5, 0.6) is 0 Å². The van der Waals surface area contributed by atoms with Crippen LogP contribution in [-0.2, 0) is 18.6 Å². The summed E-state index contributed by atoms with van der Waals surface area (Å²) in [7, 11) is -2.49. The highest BCUT2D eigenvalue weighted by Crippen LogP contribution is 2.55. The van der Waals surface area contributed by atoms with E-state index in [1.165, 1.54) is 10.4 Å². The highest BCUT2D eigenvalue weighted by molar-refractivity contribution is 6.99. The van der Waals surface area contributed by atoms with Gasteiger partial charge in [-0.25, -0.2) is 0 Å². The van der Waals surface area contributed by atoms with Gasteiger partial charge in [-0.3, -0.25) is 0 Å². The van der Waals surface area contributed by atoms with E-state index in [1.54, 1.807) is 0 Å². The quantitative estimate of drug-likeness (QED) is 0.475. The molecule has 2 aromatic rings. The summed E-state index contributed by atoms with van der Waals surface area (Å²) in [6, 6.07) is 21.8. The minimum Gasteiger partial charge on any atom is -0.407 e. The molecule has 3 saturated heterocycles. The zero-order chi connectivity index (χ0) is 22.7. The Bertz CT molecular complexity index is 931. The van der Waals surface area contributed by atoms with Crippen LogP contribution in [-0.4, -0.2) is 51.0 Å². The largest absolute Gasteiger partial charge is 0.407 e. The molecule has 1 saturated carbocycles. The smallest absolute Gasteiger partial charge is 0.261 e. The predicted octanol–water partition coefficient (Wildman–Crippen LogP) is 4.20. The van der Waals surface area contributed by atoms with E-state index < -0.39 is 8.32 Å². The van der Waals surface area contributed by atoms with Crippen LogP contribution < -0.4 is 10.4 Å². The van der Waals surface area contributed by atoms with Gasteiger partial charge in [0.15, 0.2) is 0 Å². The summed E-state index contributed by atoms with van der Waals surface area (Å²) in [4.78, 5) is 0. The van der Waals surface area contributed by atoms with Crippen molar-refractivity contribution in [3.05, 3.63) is 60.7 Å². The second-order valence-electron chi connectivity index (χ2n) is 11.4. The first-order valence-electron chi connectivity index (χ1n) is 12.7. The molecule has 3 heterocycles. The number of benzene rings is 2. The van der Waals surface area contributed by atoms with Crippen molar-refractivity contribution in [3.63, 3.8) is 0 Å². The van der Waals surface area contributed by atoms with Crippen molar-refractivity contribution in [1.29, 1.82) is 0 Å². The molecule has 1 unspecified atom stereocenters. The molecule has 1 spiro atoms. The molecule has 6 rings (SSSR count). The normalized spacial score (nSPS) is 35.1. The first kappa shape index (κ1) is 22.0. The Morgan fingerprint density at radius 3 is 2.09 bits per heavy atom. The van der Waals surface area contributed by atoms with E-state index in [9.17, 15) is 0 Å². The van der Waals surface area contributed by atoms with Crippen LogP contribution in [0.4, 0.5) is 0 Å². The molecule has 4 aliphatic rings. The molecular formula is C28H36O4Si. The molecule has 1 aliphatic carbocycles. The third-order valence-electron chi connectivity index (χ3n) is 8.33.